The van der Waals surface area contributed by atoms with Gasteiger partial charge in [0.15, 0.2) is 5.65 Å². The zero-order valence-corrected chi connectivity index (χ0v) is 20.7. The molecule has 5 rings (SSSR count). The fourth-order valence-electron chi connectivity index (χ4n) is 4.56. The smallest absolute Gasteiger partial charge is 0.302 e. The fourth-order valence-corrected chi connectivity index (χ4v) is 6.19. The third-order valence-electron chi connectivity index (χ3n) is 6.11. The van der Waals surface area contributed by atoms with E-state index in [1.807, 2.05) is 6.92 Å². The van der Waals surface area contributed by atoms with Gasteiger partial charge in [-0.3, -0.25) is 14.0 Å². The van der Waals surface area contributed by atoms with Gasteiger partial charge in [-0.2, -0.15) is 0 Å². The number of likely N-dealkylation sites (tertiary alicyclic amines) is 1. The zero-order valence-electron chi connectivity index (χ0n) is 19.2. The molecule has 1 aliphatic rings. The molecule has 1 aromatic carbocycles. The van der Waals surface area contributed by atoms with Crippen molar-refractivity contribution in [2.24, 2.45) is 0 Å². The maximum atomic E-state index is 13.4. The van der Waals surface area contributed by atoms with Gasteiger partial charge in [0.25, 0.3) is 10.0 Å². The number of hydrogen-bond donors (Lipinski definition) is 0. The molecule has 4 aromatic rings. The minimum absolute atomic E-state index is 0.104. The number of nitrogens with zero attached hydrogens (tertiary/aromatic N) is 5. The van der Waals surface area contributed by atoms with Crippen LogP contribution in [0.5, 0.6) is 0 Å². The van der Waals surface area contributed by atoms with E-state index in [2.05, 4.69) is 9.97 Å². The second-order valence-corrected chi connectivity index (χ2v) is 10.8. The lowest BCUT2D eigenvalue weighted by molar-refractivity contribution is -0.146. The maximum Gasteiger partial charge on any atom is 0.302 e. The number of rotatable bonds is 4. The molecule has 4 heterocycles. The molecule has 1 fully saturated rings. The van der Waals surface area contributed by atoms with Crippen molar-refractivity contribution in [3.05, 3.63) is 59.3 Å². The summed E-state index contributed by atoms with van der Waals surface area (Å²) in [5, 5.41) is 0.164. The van der Waals surface area contributed by atoms with E-state index in [0.29, 0.717) is 23.3 Å². The normalized spacial score (nSPS) is 18.5. The fraction of sp³-hybridized carbons (Fsp3) is 0.304. The number of hydrogen-bond acceptors (Lipinski definition) is 7. The van der Waals surface area contributed by atoms with E-state index in [4.69, 9.17) is 16.3 Å². The standard InChI is InChI=1S/C23H22ClN5O5S/c1-13-4-6-18(7-5-13)35(32,33)28-12-19(24)21-23(28)26-10-16-9-25-22(29(16)21)20-8-17(34-15(3)31)11-27(20)14(2)30/h4-7,9-10,12,17,20H,8,11H2,1-3H3. The quantitative estimate of drug-likeness (QED) is 0.383. The van der Waals surface area contributed by atoms with Crippen LogP contribution in [-0.4, -0.2) is 56.2 Å². The molecular formula is C23H22ClN5O5S. The number of imidazole rings is 1. The molecule has 0 N–H and O–H groups in total. The topological polar surface area (TPSA) is 116 Å². The first kappa shape index (κ1) is 23.3. The second-order valence-electron chi connectivity index (χ2n) is 8.55. The summed E-state index contributed by atoms with van der Waals surface area (Å²) in [6.07, 6.45) is 4.28. The van der Waals surface area contributed by atoms with Gasteiger partial charge in [0, 0.05) is 26.5 Å². The third kappa shape index (κ3) is 3.84. The Morgan fingerprint density at radius 2 is 1.80 bits per heavy atom. The number of esters is 1. The van der Waals surface area contributed by atoms with Gasteiger partial charge in [-0.15, -0.1) is 0 Å². The van der Waals surface area contributed by atoms with Gasteiger partial charge < -0.3 is 9.64 Å². The van der Waals surface area contributed by atoms with Gasteiger partial charge in [-0.1, -0.05) is 29.3 Å². The monoisotopic (exact) mass is 515 g/mol. The van der Waals surface area contributed by atoms with Crippen LogP contribution in [0.15, 0.2) is 47.8 Å². The highest BCUT2D eigenvalue weighted by molar-refractivity contribution is 7.90. The molecule has 0 radical (unpaired) electrons. The van der Waals surface area contributed by atoms with E-state index in [0.717, 1.165) is 9.54 Å². The Labute approximate surface area is 206 Å². The van der Waals surface area contributed by atoms with Crippen LogP contribution >= 0.6 is 11.6 Å². The van der Waals surface area contributed by atoms with Crippen LogP contribution in [0.1, 0.15) is 37.7 Å². The SMILES string of the molecule is CC(=O)OC1CC(c2ncc3cnc4c(c(Cl)cn4S(=O)(=O)c4ccc(C)cc4)n23)N(C(C)=O)C1. The molecule has 35 heavy (non-hydrogen) atoms. The minimum atomic E-state index is -3.98. The van der Waals surface area contributed by atoms with Gasteiger partial charge in [-0.05, 0) is 19.1 Å². The minimum Gasteiger partial charge on any atom is -0.461 e. The Hall–Kier alpha value is -3.44. The molecule has 0 bridgehead atoms. The first-order valence-corrected chi connectivity index (χ1v) is 12.7. The van der Waals surface area contributed by atoms with E-state index in [1.165, 1.54) is 38.4 Å². The highest BCUT2D eigenvalue weighted by Crippen LogP contribution is 2.36. The Morgan fingerprint density at radius 3 is 2.46 bits per heavy atom. The van der Waals surface area contributed by atoms with E-state index in [9.17, 15) is 18.0 Å². The molecule has 182 valence electrons. The summed E-state index contributed by atoms with van der Waals surface area (Å²) in [5.74, 6) is -0.151. The highest BCUT2D eigenvalue weighted by atomic mass is 35.5. The molecular weight excluding hydrogens is 494 g/mol. The number of aryl methyl sites for hydroxylation is 1. The average molecular weight is 516 g/mol. The van der Waals surface area contributed by atoms with Crippen LogP contribution in [0.4, 0.5) is 0 Å². The Kier molecular flexibility index (Phi) is 5.56. The van der Waals surface area contributed by atoms with Crippen molar-refractivity contribution in [1.82, 2.24) is 23.2 Å². The number of ether oxygens (including phenoxy) is 1. The van der Waals surface area contributed by atoms with Gasteiger partial charge in [0.2, 0.25) is 5.91 Å². The summed E-state index contributed by atoms with van der Waals surface area (Å²) in [4.78, 5) is 34.5. The van der Waals surface area contributed by atoms with Gasteiger partial charge >= 0.3 is 5.97 Å². The molecule has 0 spiro atoms. The van der Waals surface area contributed by atoms with Crippen molar-refractivity contribution in [3.63, 3.8) is 0 Å². The van der Waals surface area contributed by atoms with Crippen molar-refractivity contribution in [1.29, 1.82) is 0 Å². The van der Waals surface area contributed by atoms with Crippen LogP contribution in [0.25, 0.3) is 16.7 Å². The summed E-state index contributed by atoms with van der Waals surface area (Å²) in [7, 11) is -3.98. The molecule has 12 heteroatoms. The van der Waals surface area contributed by atoms with Crippen LogP contribution in [0.2, 0.25) is 5.02 Å². The number of aromatic nitrogens is 4. The highest BCUT2D eigenvalue weighted by Gasteiger charge is 2.39. The van der Waals surface area contributed by atoms with Crippen molar-refractivity contribution in [2.75, 3.05) is 6.54 Å². The molecule has 3 aromatic heterocycles. The van der Waals surface area contributed by atoms with E-state index in [-0.39, 0.29) is 28.0 Å². The van der Waals surface area contributed by atoms with E-state index in [1.54, 1.807) is 27.6 Å². The maximum absolute atomic E-state index is 13.4. The summed E-state index contributed by atoms with van der Waals surface area (Å²) < 4.78 is 34.9. The number of carbonyl (C=O) groups excluding carboxylic acids is 2. The van der Waals surface area contributed by atoms with Gasteiger partial charge in [0.05, 0.1) is 40.4 Å². The predicted octanol–water partition coefficient (Wildman–Crippen LogP) is 3.11. The summed E-state index contributed by atoms with van der Waals surface area (Å²) in [5.41, 5.74) is 2.00. The average Bonchev–Trinajstić information content (AvgIpc) is 3.48. The first-order valence-electron chi connectivity index (χ1n) is 10.9. The largest absolute Gasteiger partial charge is 0.461 e. The first-order chi connectivity index (χ1) is 16.6. The zero-order chi connectivity index (χ0) is 25.1. The lowest BCUT2D eigenvalue weighted by atomic mass is 10.2. The molecule has 10 nitrogen and oxygen atoms in total. The van der Waals surface area contributed by atoms with Crippen LogP contribution in [-0.2, 0) is 24.3 Å². The summed E-state index contributed by atoms with van der Waals surface area (Å²) in [6, 6.07) is 6.00. The van der Waals surface area contributed by atoms with Crippen LogP contribution in [0, 0.1) is 6.92 Å². The number of amides is 1. The third-order valence-corrected chi connectivity index (χ3v) is 8.05. The van der Waals surface area contributed by atoms with Crippen molar-refractivity contribution >= 4 is 50.2 Å². The van der Waals surface area contributed by atoms with Crippen LogP contribution in [0.3, 0.4) is 0 Å². The number of benzene rings is 1. The summed E-state index contributed by atoms with van der Waals surface area (Å²) in [6.45, 7) is 4.87. The van der Waals surface area contributed by atoms with Gasteiger partial charge in [-0.25, -0.2) is 22.4 Å². The Balaban J connectivity index is 1.68. The second kappa shape index (κ2) is 8.35. The van der Waals surface area contributed by atoms with Crippen molar-refractivity contribution in [2.45, 2.75) is 44.2 Å². The van der Waals surface area contributed by atoms with E-state index < -0.39 is 28.1 Å². The predicted molar refractivity (Wildman–Crippen MR) is 128 cm³/mol. The molecule has 0 saturated carbocycles. The summed E-state index contributed by atoms with van der Waals surface area (Å²) >= 11 is 6.58. The molecule has 0 aliphatic carbocycles. The number of halogens is 1. The molecule has 1 aliphatic heterocycles. The van der Waals surface area contributed by atoms with E-state index >= 15 is 0 Å². The number of carbonyl (C=O) groups is 2. The van der Waals surface area contributed by atoms with Crippen molar-refractivity contribution in [3.8, 4) is 0 Å². The molecule has 1 amide bonds. The van der Waals surface area contributed by atoms with Crippen molar-refractivity contribution < 1.29 is 22.7 Å². The molecule has 2 atom stereocenters. The van der Waals surface area contributed by atoms with Crippen LogP contribution < -0.4 is 0 Å². The Bertz CT molecular complexity index is 1590. The Morgan fingerprint density at radius 1 is 1.11 bits per heavy atom. The lowest BCUT2D eigenvalue weighted by Gasteiger charge is -2.22. The lowest BCUT2D eigenvalue weighted by Crippen LogP contribution is -2.31. The molecule has 2 unspecified atom stereocenters. The number of fused-ring (bicyclic) bond motifs is 3. The van der Waals surface area contributed by atoms with Gasteiger partial charge in [0.1, 0.15) is 17.4 Å². The molecule has 1 saturated heterocycles.